The fraction of sp³-hybridized carbons (Fsp3) is 0.500. The average molecular weight is 342 g/mol. The number of amides is 2. The van der Waals surface area contributed by atoms with Gasteiger partial charge in [0.1, 0.15) is 6.10 Å². The highest BCUT2D eigenvalue weighted by atomic mass is 35.5. The minimum absolute atomic E-state index is 0. The zero-order valence-corrected chi connectivity index (χ0v) is 14.3. The van der Waals surface area contributed by atoms with Gasteiger partial charge in [0.05, 0.1) is 12.6 Å². The Balaban J connectivity index is 0.00000264. The third-order valence-electron chi connectivity index (χ3n) is 3.74. The summed E-state index contributed by atoms with van der Waals surface area (Å²) < 4.78 is 5.56. The van der Waals surface area contributed by atoms with Crippen molar-refractivity contribution in [3.63, 3.8) is 0 Å². The molecule has 0 aromatic heterocycles. The molecule has 1 aliphatic rings. The largest absolute Gasteiger partial charge is 0.364 e. The Morgan fingerprint density at radius 2 is 1.96 bits per heavy atom. The van der Waals surface area contributed by atoms with E-state index < -0.39 is 6.10 Å². The van der Waals surface area contributed by atoms with Gasteiger partial charge in [-0.25, -0.2) is 0 Å². The molecule has 2 amide bonds. The van der Waals surface area contributed by atoms with Crippen LogP contribution in [-0.4, -0.2) is 49.1 Å². The Kier molecular flexibility index (Phi) is 7.48. The van der Waals surface area contributed by atoms with Crippen LogP contribution in [0.5, 0.6) is 0 Å². The van der Waals surface area contributed by atoms with Gasteiger partial charge in [0.15, 0.2) is 0 Å². The third-order valence-corrected chi connectivity index (χ3v) is 3.74. The van der Waals surface area contributed by atoms with Gasteiger partial charge >= 0.3 is 0 Å². The molecule has 1 fully saturated rings. The topological polar surface area (TPSA) is 84.7 Å². The molecular weight excluding hydrogens is 318 g/mol. The number of likely N-dealkylation sites (N-methyl/N-ethyl adjacent to an activating group) is 1. The molecule has 0 spiro atoms. The van der Waals surface area contributed by atoms with E-state index in [0.29, 0.717) is 13.0 Å². The SMILES string of the molecule is Cc1ccc(NC(=O)CN(C)C(=O)[C@@H]2CC[C@H](CN)O2)cc1.Cl. The van der Waals surface area contributed by atoms with E-state index >= 15 is 0 Å². The van der Waals surface area contributed by atoms with Crippen molar-refractivity contribution in [3.8, 4) is 0 Å². The molecule has 1 heterocycles. The number of hydrogen-bond donors (Lipinski definition) is 2. The van der Waals surface area contributed by atoms with Crippen LogP contribution in [0, 0.1) is 6.92 Å². The first-order chi connectivity index (χ1) is 10.5. The maximum atomic E-state index is 12.2. The Bertz CT molecular complexity index is 536. The number of nitrogens with zero attached hydrogens (tertiary/aromatic N) is 1. The lowest BCUT2D eigenvalue weighted by atomic mass is 10.2. The van der Waals surface area contributed by atoms with E-state index in [1.54, 1.807) is 7.05 Å². The van der Waals surface area contributed by atoms with E-state index in [0.717, 1.165) is 17.7 Å². The Morgan fingerprint density at radius 1 is 1.30 bits per heavy atom. The summed E-state index contributed by atoms with van der Waals surface area (Å²) in [4.78, 5) is 25.6. The highest BCUT2D eigenvalue weighted by Gasteiger charge is 2.32. The van der Waals surface area contributed by atoms with Crippen LogP contribution in [0.15, 0.2) is 24.3 Å². The van der Waals surface area contributed by atoms with Crippen molar-refractivity contribution in [2.45, 2.75) is 32.0 Å². The third kappa shape index (κ3) is 5.49. The molecule has 6 nitrogen and oxygen atoms in total. The molecule has 0 radical (unpaired) electrons. The average Bonchev–Trinajstić information content (AvgIpc) is 2.97. The number of halogens is 1. The van der Waals surface area contributed by atoms with Crippen molar-refractivity contribution in [3.05, 3.63) is 29.8 Å². The van der Waals surface area contributed by atoms with Gasteiger partial charge in [-0.3, -0.25) is 9.59 Å². The molecule has 128 valence electrons. The molecule has 0 bridgehead atoms. The Labute approximate surface area is 142 Å². The van der Waals surface area contributed by atoms with Crippen molar-refractivity contribution >= 4 is 29.9 Å². The standard InChI is InChI=1S/C16H23N3O3.ClH/c1-11-3-5-12(6-4-11)18-15(20)10-19(2)16(21)14-8-7-13(9-17)22-14;/h3-6,13-14H,7-10,17H2,1-2H3,(H,18,20);1H/t13-,14+;/m1./s1. The van der Waals surface area contributed by atoms with Crippen molar-refractivity contribution in [2.24, 2.45) is 5.73 Å². The zero-order valence-electron chi connectivity index (χ0n) is 13.5. The molecule has 0 saturated carbocycles. The minimum Gasteiger partial charge on any atom is -0.364 e. The van der Waals surface area contributed by atoms with Crippen LogP contribution in [0.1, 0.15) is 18.4 Å². The lowest BCUT2D eigenvalue weighted by Crippen LogP contribution is -2.41. The van der Waals surface area contributed by atoms with Crippen molar-refractivity contribution in [1.82, 2.24) is 4.90 Å². The highest BCUT2D eigenvalue weighted by molar-refractivity contribution is 5.95. The Hall–Kier alpha value is -1.63. The lowest BCUT2D eigenvalue weighted by Gasteiger charge is -2.20. The van der Waals surface area contributed by atoms with Gasteiger partial charge in [-0.15, -0.1) is 12.4 Å². The van der Waals surface area contributed by atoms with Crippen molar-refractivity contribution in [1.29, 1.82) is 0 Å². The smallest absolute Gasteiger partial charge is 0.251 e. The molecule has 2 atom stereocenters. The number of rotatable bonds is 5. The summed E-state index contributed by atoms with van der Waals surface area (Å²) in [5.74, 6) is -0.400. The number of aryl methyl sites for hydroxylation is 1. The van der Waals surface area contributed by atoms with Crippen LogP contribution in [0.4, 0.5) is 5.69 Å². The minimum atomic E-state index is -0.481. The fourth-order valence-corrected chi connectivity index (χ4v) is 2.44. The summed E-state index contributed by atoms with van der Waals surface area (Å²) in [7, 11) is 1.61. The fourth-order valence-electron chi connectivity index (χ4n) is 2.44. The second kappa shape index (κ2) is 8.86. The van der Waals surface area contributed by atoms with Gasteiger partial charge in [-0.2, -0.15) is 0 Å². The van der Waals surface area contributed by atoms with Gasteiger partial charge in [0.2, 0.25) is 5.91 Å². The first-order valence-electron chi connectivity index (χ1n) is 7.46. The van der Waals surface area contributed by atoms with E-state index in [9.17, 15) is 9.59 Å². The molecule has 0 unspecified atom stereocenters. The number of hydrogen-bond acceptors (Lipinski definition) is 4. The molecule has 1 saturated heterocycles. The first-order valence-corrected chi connectivity index (χ1v) is 7.46. The van der Waals surface area contributed by atoms with E-state index in [2.05, 4.69) is 5.32 Å². The second-order valence-electron chi connectivity index (χ2n) is 5.67. The summed E-state index contributed by atoms with van der Waals surface area (Å²) in [5, 5.41) is 2.77. The summed E-state index contributed by atoms with van der Waals surface area (Å²) >= 11 is 0. The number of anilines is 1. The number of nitrogens with one attached hydrogen (secondary N) is 1. The summed E-state index contributed by atoms with van der Waals surface area (Å²) in [6.45, 7) is 2.40. The van der Waals surface area contributed by atoms with Crippen LogP contribution >= 0.6 is 12.4 Å². The van der Waals surface area contributed by atoms with Crippen LogP contribution in [0.25, 0.3) is 0 Å². The second-order valence-corrected chi connectivity index (χ2v) is 5.67. The van der Waals surface area contributed by atoms with Gasteiger partial charge < -0.3 is 20.7 Å². The quantitative estimate of drug-likeness (QED) is 0.846. The van der Waals surface area contributed by atoms with Crippen LogP contribution in [-0.2, 0) is 14.3 Å². The van der Waals surface area contributed by atoms with Gasteiger partial charge in [0.25, 0.3) is 5.91 Å². The maximum absolute atomic E-state index is 12.2. The van der Waals surface area contributed by atoms with Crippen LogP contribution in [0.2, 0.25) is 0 Å². The molecule has 7 heteroatoms. The van der Waals surface area contributed by atoms with E-state index in [-0.39, 0.29) is 36.9 Å². The van der Waals surface area contributed by atoms with Crippen LogP contribution in [0.3, 0.4) is 0 Å². The molecule has 0 aliphatic carbocycles. The summed E-state index contributed by atoms with van der Waals surface area (Å²) in [6, 6.07) is 7.51. The predicted molar refractivity (Wildman–Crippen MR) is 91.6 cm³/mol. The van der Waals surface area contributed by atoms with Gasteiger partial charge in [0, 0.05) is 19.3 Å². The number of benzene rings is 1. The monoisotopic (exact) mass is 341 g/mol. The van der Waals surface area contributed by atoms with Crippen molar-refractivity contribution < 1.29 is 14.3 Å². The zero-order chi connectivity index (χ0) is 16.1. The predicted octanol–water partition coefficient (Wildman–Crippen LogP) is 1.32. The maximum Gasteiger partial charge on any atom is 0.251 e. The highest BCUT2D eigenvalue weighted by Crippen LogP contribution is 2.20. The number of nitrogens with two attached hydrogens (primary N) is 1. The molecule has 23 heavy (non-hydrogen) atoms. The number of carbonyl (C=O) groups is 2. The van der Waals surface area contributed by atoms with Gasteiger partial charge in [-0.1, -0.05) is 17.7 Å². The number of ether oxygens (including phenoxy) is 1. The molecule has 3 N–H and O–H groups in total. The van der Waals surface area contributed by atoms with Crippen molar-refractivity contribution in [2.75, 3.05) is 25.5 Å². The Morgan fingerprint density at radius 3 is 2.52 bits per heavy atom. The molecular formula is C16H24ClN3O3. The summed E-state index contributed by atoms with van der Waals surface area (Å²) in [6.07, 6.45) is 0.912. The van der Waals surface area contributed by atoms with E-state index in [1.165, 1.54) is 4.90 Å². The van der Waals surface area contributed by atoms with E-state index in [4.69, 9.17) is 10.5 Å². The number of carbonyl (C=O) groups excluding carboxylic acids is 2. The van der Waals surface area contributed by atoms with Crippen LogP contribution < -0.4 is 11.1 Å². The normalized spacial score (nSPS) is 19.8. The van der Waals surface area contributed by atoms with E-state index in [1.807, 2.05) is 31.2 Å². The molecule has 1 aromatic rings. The molecule has 1 aromatic carbocycles. The first kappa shape index (κ1) is 19.4. The lowest BCUT2D eigenvalue weighted by molar-refractivity contribution is -0.143. The van der Waals surface area contributed by atoms with Gasteiger partial charge in [-0.05, 0) is 31.9 Å². The summed E-state index contributed by atoms with van der Waals surface area (Å²) in [5.41, 5.74) is 7.38. The molecule has 1 aliphatic heterocycles. The molecule has 2 rings (SSSR count).